The quantitative estimate of drug-likeness (QED) is 0.488. The minimum Gasteiger partial charge on any atom is -0.496 e. The van der Waals surface area contributed by atoms with Crippen LogP contribution in [-0.2, 0) is 9.53 Å². The van der Waals surface area contributed by atoms with Gasteiger partial charge in [0.2, 0.25) is 0 Å². The highest BCUT2D eigenvalue weighted by Gasteiger charge is 2.10. The molecule has 0 unspecified atom stereocenters. The predicted molar refractivity (Wildman–Crippen MR) is 66.3 cm³/mol. The number of nitrogens with zero attached hydrogens (tertiary/aromatic N) is 1. The van der Waals surface area contributed by atoms with Crippen LogP contribution in [0.25, 0.3) is 6.08 Å². The van der Waals surface area contributed by atoms with Crippen molar-refractivity contribution in [2.75, 3.05) is 14.2 Å². The molecule has 1 aromatic carbocycles. The molecule has 17 heavy (non-hydrogen) atoms. The summed E-state index contributed by atoms with van der Waals surface area (Å²) in [6.45, 7) is 0. The molecule has 0 saturated heterocycles. The number of benzene rings is 1. The van der Waals surface area contributed by atoms with Crippen molar-refractivity contribution < 1.29 is 14.3 Å². The molecule has 0 fully saturated rings. The Kier molecular flexibility index (Phi) is 4.73. The van der Waals surface area contributed by atoms with Gasteiger partial charge in [0.1, 0.15) is 17.4 Å². The van der Waals surface area contributed by atoms with Crippen LogP contribution in [0.4, 0.5) is 0 Å². The lowest BCUT2D eigenvalue weighted by Crippen LogP contribution is -2.02. The van der Waals surface area contributed by atoms with Crippen molar-refractivity contribution in [1.82, 2.24) is 0 Å². The second kappa shape index (κ2) is 6.06. The SMILES string of the molecule is COC(=O)/C(C#N)=C/c1cc(Br)ccc1OC. The van der Waals surface area contributed by atoms with Crippen molar-refractivity contribution in [2.45, 2.75) is 0 Å². The molecular weight excluding hydrogens is 286 g/mol. The van der Waals surface area contributed by atoms with Gasteiger partial charge in [-0.2, -0.15) is 5.26 Å². The molecule has 0 spiro atoms. The van der Waals surface area contributed by atoms with E-state index in [-0.39, 0.29) is 5.57 Å². The molecule has 1 rings (SSSR count). The summed E-state index contributed by atoms with van der Waals surface area (Å²) in [4.78, 5) is 11.3. The number of hydrogen-bond donors (Lipinski definition) is 0. The molecule has 0 aliphatic carbocycles. The van der Waals surface area contributed by atoms with Crippen LogP contribution in [0.5, 0.6) is 5.75 Å². The number of carbonyl (C=O) groups excluding carboxylic acids is 1. The monoisotopic (exact) mass is 295 g/mol. The van der Waals surface area contributed by atoms with Gasteiger partial charge in [-0.15, -0.1) is 0 Å². The first-order valence-electron chi connectivity index (χ1n) is 4.66. The lowest BCUT2D eigenvalue weighted by atomic mass is 10.1. The molecule has 0 bridgehead atoms. The van der Waals surface area contributed by atoms with E-state index in [2.05, 4.69) is 20.7 Å². The third kappa shape index (κ3) is 3.33. The molecule has 0 amide bonds. The minimum atomic E-state index is -0.672. The van der Waals surface area contributed by atoms with E-state index >= 15 is 0 Å². The number of ether oxygens (including phenoxy) is 2. The van der Waals surface area contributed by atoms with E-state index in [1.807, 2.05) is 0 Å². The molecule has 0 aliphatic rings. The maximum atomic E-state index is 11.3. The summed E-state index contributed by atoms with van der Waals surface area (Å²) in [6.07, 6.45) is 1.43. The van der Waals surface area contributed by atoms with Gasteiger partial charge in [-0.25, -0.2) is 4.79 Å². The Morgan fingerprint density at radius 1 is 1.47 bits per heavy atom. The Balaban J connectivity index is 3.24. The van der Waals surface area contributed by atoms with Gasteiger partial charge in [0, 0.05) is 10.0 Å². The summed E-state index contributed by atoms with van der Waals surface area (Å²) in [7, 11) is 2.75. The highest BCUT2D eigenvalue weighted by Crippen LogP contribution is 2.25. The van der Waals surface area contributed by atoms with E-state index in [4.69, 9.17) is 10.00 Å². The Hall–Kier alpha value is -1.80. The van der Waals surface area contributed by atoms with E-state index in [1.54, 1.807) is 24.3 Å². The number of rotatable bonds is 3. The van der Waals surface area contributed by atoms with Gasteiger partial charge in [-0.05, 0) is 24.3 Å². The average molecular weight is 296 g/mol. The van der Waals surface area contributed by atoms with Crippen LogP contribution >= 0.6 is 15.9 Å². The topological polar surface area (TPSA) is 59.3 Å². The van der Waals surface area contributed by atoms with E-state index in [1.165, 1.54) is 20.3 Å². The zero-order valence-electron chi connectivity index (χ0n) is 9.36. The van der Waals surface area contributed by atoms with E-state index in [0.29, 0.717) is 11.3 Å². The molecule has 0 radical (unpaired) electrons. The second-order valence-corrected chi connectivity index (χ2v) is 3.96. The molecule has 1 aromatic rings. The Labute approximate surface area is 108 Å². The van der Waals surface area contributed by atoms with Crippen LogP contribution in [0.3, 0.4) is 0 Å². The van der Waals surface area contributed by atoms with Gasteiger partial charge < -0.3 is 9.47 Å². The molecule has 0 aromatic heterocycles. The fourth-order valence-electron chi connectivity index (χ4n) is 1.22. The number of hydrogen-bond acceptors (Lipinski definition) is 4. The smallest absolute Gasteiger partial charge is 0.348 e. The standard InChI is InChI=1S/C12H10BrNO3/c1-16-11-4-3-10(13)6-8(11)5-9(7-14)12(15)17-2/h3-6H,1-2H3/b9-5+. The van der Waals surface area contributed by atoms with Crippen molar-refractivity contribution in [2.24, 2.45) is 0 Å². The number of nitriles is 1. The zero-order chi connectivity index (χ0) is 12.8. The van der Waals surface area contributed by atoms with E-state index in [9.17, 15) is 4.79 Å². The fourth-order valence-corrected chi connectivity index (χ4v) is 1.60. The Morgan fingerprint density at radius 2 is 2.18 bits per heavy atom. The van der Waals surface area contributed by atoms with Gasteiger partial charge in [0.15, 0.2) is 0 Å². The summed E-state index contributed by atoms with van der Waals surface area (Å²) in [5.41, 5.74) is 0.549. The molecular formula is C12H10BrNO3. The maximum Gasteiger partial charge on any atom is 0.348 e. The molecule has 0 N–H and O–H groups in total. The molecule has 0 atom stereocenters. The number of methoxy groups -OCH3 is 2. The van der Waals surface area contributed by atoms with Gasteiger partial charge in [0.25, 0.3) is 0 Å². The van der Waals surface area contributed by atoms with Crippen LogP contribution in [0.2, 0.25) is 0 Å². The Morgan fingerprint density at radius 3 is 2.71 bits per heavy atom. The van der Waals surface area contributed by atoms with Gasteiger partial charge in [0.05, 0.1) is 14.2 Å². The van der Waals surface area contributed by atoms with Crippen LogP contribution in [0.15, 0.2) is 28.2 Å². The van der Waals surface area contributed by atoms with Crippen LogP contribution in [-0.4, -0.2) is 20.2 Å². The van der Waals surface area contributed by atoms with Crippen molar-refractivity contribution in [1.29, 1.82) is 5.26 Å². The molecule has 4 nitrogen and oxygen atoms in total. The van der Waals surface area contributed by atoms with Crippen LogP contribution < -0.4 is 4.74 Å². The summed E-state index contributed by atoms with van der Waals surface area (Å²) in [5, 5.41) is 8.85. The number of carbonyl (C=O) groups is 1. The average Bonchev–Trinajstić information content (AvgIpc) is 2.35. The van der Waals surface area contributed by atoms with Crippen molar-refractivity contribution in [3.05, 3.63) is 33.8 Å². The first-order chi connectivity index (χ1) is 8.12. The first kappa shape index (κ1) is 13.3. The summed E-state index contributed by atoms with van der Waals surface area (Å²) in [6, 6.07) is 7.08. The normalized spacial score (nSPS) is 10.6. The molecule has 0 heterocycles. The molecule has 5 heteroatoms. The van der Waals surface area contributed by atoms with Crippen LogP contribution in [0.1, 0.15) is 5.56 Å². The fraction of sp³-hybridized carbons (Fsp3) is 0.167. The van der Waals surface area contributed by atoms with Crippen molar-refractivity contribution in [3.8, 4) is 11.8 Å². The molecule has 0 aliphatic heterocycles. The number of esters is 1. The number of halogens is 1. The third-order valence-electron chi connectivity index (χ3n) is 2.02. The zero-order valence-corrected chi connectivity index (χ0v) is 10.9. The highest BCUT2D eigenvalue weighted by molar-refractivity contribution is 9.10. The summed E-state index contributed by atoms with van der Waals surface area (Å²) in [5.74, 6) is -0.0978. The third-order valence-corrected chi connectivity index (χ3v) is 2.51. The van der Waals surface area contributed by atoms with E-state index < -0.39 is 5.97 Å². The summed E-state index contributed by atoms with van der Waals surface area (Å²) < 4.78 is 10.5. The maximum absolute atomic E-state index is 11.3. The van der Waals surface area contributed by atoms with Crippen molar-refractivity contribution in [3.63, 3.8) is 0 Å². The summed E-state index contributed by atoms with van der Waals surface area (Å²) >= 11 is 3.31. The van der Waals surface area contributed by atoms with E-state index in [0.717, 1.165) is 4.47 Å². The molecule has 0 saturated carbocycles. The first-order valence-corrected chi connectivity index (χ1v) is 5.45. The van der Waals surface area contributed by atoms with Crippen LogP contribution in [0, 0.1) is 11.3 Å². The largest absolute Gasteiger partial charge is 0.496 e. The minimum absolute atomic E-state index is 0.0797. The highest BCUT2D eigenvalue weighted by atomic mass is 79.9. The van der Waals surface area contributed by atoms with Gasteiger partial charge in [-0.3, -0.25) is 0 Å². The lowest BCUT2D eigenvalue weighted by Gasteiger charge is -2.05. The predicted octanol–water partition coefficient (Wildman–Crippen LogP) is 2.54. The van der Waals surface area contributed by atoms with Gasteiger partial charge >= 0.3 is 5.97 Å². The second-order valence-electron chi connectivity index (χ2n) is 3.05. The van der Waals surface area contributed by atoms with Gasteiger partial charge in [-0.1, -0.05) is 15.9 Å². The van der Waals surface area contributed by atoms with Crippen molar-refractivity contribution >= 4 is 28.0 Å². The molecule has 88 valence electrons. The Bertz CT molecular complexity index is 503. The lowest BCUT2D eigenvalue weighted by molar-refractivity contribution is -0.135.